The lowest BCUT2D eigenvalue weighted by Crippen LogP contribution is -2.43. The van der Waals surface area contributed by atoms with E-state index >= 15 is 0 Å². The molecule has 0 bridgehead atoms. The second kappa shape index (κ2) is 40.7. The van der Waals surface area contributed by atoms with E-state index in [1.165, 1.54) is 23.1 Å². The number of nitrogens with two attached hydrogens (primary N) is 2. The van der Waals surface area contributed by atoms with E-state index in [4.69, 9.17) is 49.2 Å². The first-order chi connectivity index (χ1) is 58.9. The fraction of sp³-hybridized carbons (Fsp3) is 0.684. The lowest BCUT2D eigenvalue weighted by Gasteiger charge is -2.30. The van der Waals surface area contributed by atoms with Crippen molar-refractivity contribution in [2.24, 2.45) is 28.8 Å². The number of hydrogen-bond acceptors (Lipinski definition) is 22. The molecule has 2 aromatic heterocycles. The zero-order chi connectivity index (χ0) is 90.6. The Morgan fingerprint density at radius 1 is 0.432 bits per heavy atom. The van der Waals surface area contributed by atoms with E-state index < -0.39 is 63.6 Å². The van der Waals surface area contributed by atoms with E-state index in [0.29, 0.717) is 86.7 Å². The van der Waals surface area contributed by atoms with Gasteiger partial charge in [0.05, 0.1) is 22.2 Å². The van der Waals surface area contributed by atoms with Gasteiger partial charge in [0.1, 0.15) is 28.0 Å². The molecule has 688 valence electrons. The number of carboxylic acids is 2. The standard InChI is InChI=1S/C31H44N4O5.C21H28N4O.C19H25NO4.C12H23N3O3.C12H21NO4/c1-29(2,3)39-27(36)32-22-14-12-21(13-15-22)25-33-34-26(38-25)31(16-17-31)19-35(28(37)40-30(4,5)6)24-18-23(24)20-10-8-7-9-11-20;22-16-8-6-15(7-9-16)19-24-25-20(26-19)21(10-11-21)13-23-18-12-17(18)14-4-2-1-3-5-14;1-18(2,3)24-17(23)20(12-19(9-10-19)16(21)22)15-11-14(15)13-7-5-4-6-8-13;1-12(2,3)18-11(17)14-9-6-4-8(5-7-9)10(16)15-13;1-12(2,3)17-11(16)13-9-6-4-8(5-7-9)10(14)15/h7-11,21-24H,12-19H2,1-6H3,(H,32,36);1-5,15-18,23H,6-13,22H2;4-8,14-15H,9-12H2,1-3H3,(H,21,22);8-9H,4-7,13H2,1-3H3,(H,14,17)(H,15,16);8-9H,4-7H2,1-3H3,(H,13,16)(H,14,15)/t21?,22?,23-,24+;15?,16?,17-,18+;14-,15+;;/m000../s1. The van der Waals surface area contributed by atoms with Crippen LogP contribution in [0.2, 0.25) is 0 Å². The Balaban J connectivity index is 0.000000158. The van der Waals surface area contributed by atoms with Crippen LogP contribution in [0.25, 0.3) is 0 Å². The Kier molecular flexibility index (Phi) is 31.3. The second-order valence-corrected chi connectivity index (χ2v) is 41.7. The van der Waals surface area contributed by atoms with Gasteiger partial charge in [0, 0.05) is 97.4 Å². The molecule has 11 N–H and O–H groups in total. The Morgan fingerprint density at radius 2 is 0.784 bits per heavy atom. The monoisotopic (exact) mass is 1740 g/mol. The van der Waals surface area contributed by atoms with E-state index in [1.807, 2.05) is 145 Å². The molecule has 6 amide bonds. The number of amides is 6. The summed E-state index contributed by atoms with van der Waals surface area (Å²) in [5, 5.41) is 48.4. The minimum absolute atomic E-state index is 0.0269. The molecule has 3 aromatic carbocycles. The zero-order valence-electron chi connectivity index (χ0n) is 76.4. The second-order valence-electron chi connectivity index (χ2n) is 41.7. The van der Waals surface area contributed by atoms with Crippen LogP contribution in [0.5, 0.6) is 0 Å². The quantitative estimate of drug-likeness (QED) is 0.0134. The summed E-state index contributed by atoms with van der Waals surface area (Å²) >= 11 is 0. The number of hydrazine groups is 1. The molecule has 15 rings (SSSR count). The van der Waals surface area contributed by atoms with Crippen molar-refractivity contribution < 1.29 is 81.1 Å². The largest absolute Gasteiger partial charge is 0.481 e. The van der Waals surface area contributed by atoms with Gasteiger partial charge in [-0.25, -0.2) is 29.8 Å². The fourth-order valence-corrected chi connectivity index (χ4v) is 17.3. The Labute approximate surface area is 737 Å². The molecule has 10 aliphatic rings. The Bertz CT molecular complexity index is 4370. The van der Waals surface area contributed by atoms with Gasteiger partial charge in [-0.3, -0.25) is 19.8 Å². The molecule has 30 nitrogen and oxygen atoms in total. The van der Waals surface area contributed by atoms with Crippen LogP contribution in [-0.4, -0.2) is 179 Å². The van der Waals surface area contributed by atoms with Crippen molar-refractivity contribution in [3.8, 4) is 0 Å². The van der Waals surface area contributed by atoms with Gasteiger partial charge in [-0.15, -0.1) is 20.4 Å². The minimum Gasteiger partial charge on any atom is -0.481 e. The Hall–Kier alpha value is -9.42. The summed E-state index contributed by atoms with van der Waals surface area (Å²) in [6.45, 7) is 29.4. The summed E-state index contributed by atoms with van der Waals surface area (Å²) in [6.07, 6.45) is 19.9. The number of nitrogens with one attached hydrogen (secondary N) is 5. The molecular weight excluding hydrogens is 1600 g/mol. The molecule has 10 saturated carbocycles. The first-order valence-electron chi connectivity index (χ1n) is 45.6. The number of aliphatic carboxylic acids is 2. The third-order valence-electron chi connectivity index (χ3n) is 25.2. The number of rotatable bonds is 22. The van der Waals surface area contributed by atoms with E-state index in [1.54, 1.807) is 4.90 Å². The van der Waals surface area contributed by atoms with Crippen molar-refractivity contribution in [1.82, 2.24) is 56.9 Å². The summed E-state index contributed by atoms with van der Waals surface area (Å²) in [7, 11) is 0. The number of aromatic nitrogens is 4. The summed E-state index contributed by atoms with van der Waals surface area (Å²) in [5.41, 5.74) is 8.41. The highest BCUT2D eigenvalue weighted by Gasteiger charge is 2.58. The van der Waals surface area contributed by atoms with Gasteiger partial charge in [-0.1, -0.05) is 91.0 Å². The van der Waals surface area contributed by atoms with Crippen LogP contribution in [-0.2, 0) is 48.9 Å². The van der Waals surface area contributed by atoms with Gasteiger partial charge in [0.25, 0.3) is 0 Å². The molecule has 10 fully saturated rings. The summed E-state index contributed by atoms with van der Waals surface area (Å²) < 4.78 is 39.6. The van der Waals surface area contributed by atoms with Gasteiger partial charge in [0.15, 0.2) is 0 Å². The first kappa shape index (κ1) is 96.2. The average Bonchev–Trinajstić information content (AvgIpc) is 1.57. The highest BCUT2D eigenvalue weighted by molar-refractivity contribution is 5.80. The maximum absolute atomic E-state index is 13.4. The number of ether oxygens (including phenoxy) is 5. The number of benzene rings is 3. The third-order valence-corrected chi connectivity index (χ3v) is 25.2. The molecular formula is C95H141N13O17. The topological polar surface area (TPSA) is 420 Å². The molecule has 0 aliphatic heterocycles. The maximum Gasteiger partial charge on any atom is 0.410 e. The van der Waals surface area contributed by atoms with Gasteiger partial charge in [-0.05, 0) is 281 Å². The van der Waals surface area contributed by atoms with Gasteiger partial charge in [0.2, 0.25) is 29.5 Å². The van der Waals surface area contributed by atoms with Crippen molar-refractivity contribution >= 4 is 48.3 Å². The lowest BCUT2D eigenvalue weighted by molar-refractivity contribution is -0.144. The summed E-state index contributed by atoms with van der Waals surface area (Å²) in [6, 6.07) is 32.5. The molecule has 2 heterocycles. The van der Waals surface area contributed by atoms with Crippen molar-refractivity contribution in [2.75, 3.05) is 19.6 Å². The number of carbonyl (C=O) groups excluding carboxylic acids is 6. The summed E-state index contributed by atoms with van der Waals surface area (Å²) in [5.74, 6) is 7.94. The molecule has 0 unspecified atom stereocenters. The highest BCUT2D eigenvalue weighted by atomic mass is 16.6. The molecule has 0 radical (unpaired) electrons. The number of carboxylic acid groups (broad SMARTS) is 2. The first-order valence-corrected chi connectivity index (χ1v) is 45.6. The van der Waals surface area contributed by atoms with Gasteiger partial charge < -0.3 is 79.5 Å². The van der Waals surface area contributed by atoms with Crippen molar-refractivity contribution in [1.29, 1.82) is 0 Å². The van der Waals surface area contributed by atoms with E-state index in [2.05, 4.69) is 102 Å². The molecule has 125 heavy (non-hydrogen) atoms. The van der Waals surface area contributed by atoms with E-state index in [9.17, 15) is 43.5 Å². The SMILES string of the molecule is CC(C)(C)OC(=O)N(CC1(C(=O)O)CC1)[C@@H]1C[C@H]1c1ccccc1.CC(C)(C)OC(=O)NC1CCC(C(=O)NN)CC1.CC(C)(C)OC(=O)NC1CCC(C(=O)O)CC1.CC(C)(C)OC(=O)NC1CCC(c2nnc(C3(CN(C(=O)OC(C)(C)C)[C@@H]4C[C@H]4c4ccccc4)CC3)o2)CC1.NC1CCC(c2nnc(C3(CN[C@@H]4C[C@H]4c4ccccc4)CC3)o2)CC1. The van der Waals surface area contributed by atoms with Crippen LogP contribution in [0.15, 0.2) is 99.8 Å². The fourth-order valence-electron chi connectivity index (χ4n) is 17.3. The van der Waals surface area contributed by atoms with Crippen LogP contribution >= 0.6 is 0 Å². The van der Waals surface area contributed by atoms with E-state index in [0.717, 1.165) is 134 Å². The average molecular weight is 1740 g/mol. The maximum atomic E-state index is 13.4. The molecule has 0 spiro atoms. The van der Waals surface area contributed by atoms with E-state index in [-0.39, 0.29) is 89.3 Å². The number of hydrogen-bond donors (Lipinski definition) is 9. The molecule has 0 saturated heterocycles. The smallest absolute Gasteiger partial charge is 0.410 e. The summed E-state index contributed by atoms with van der Waals surface area (Å²) in [4.78, 5) is 98.5. The van der Waals surface area contributed by atoms with Crippen LogP contribution in [0.1, 0.15) is 334 Å². The predicted molar refractivity (Wildman–Crippen MR) is 470 cm³/mol. The van der Waals surface area contributed by atoms with Crippen molar-refractivity contribution in [2.45, 2.75) is 375 Å². The van der Waals surface area contributed by atoms with Crippen molar-refractivity contribution in [3.05, 3.63) is 131 Å². The highest BCUT2D eigenvalue weighted by Crippen LogP contribution is 2.55. The van der Waals surface area contributed by atoms with Crippen LogP contribution in [0.4, 0.5) is 24.0 Å². The molecule has 5 aromatic rings. The number of carbonyl (C=O) groups is 8. The van der Waals surface area contributed by atoms with Crippen LogP contribution in [0.3, 0.4) is 0 Å². The Morgan fingerprint density at radius 3 is 1.14 bits per heavy atom. The zero-order valence-corrected chi connectivity index (χ0v) is 76.4. The minimum atomic E-state index is -0.812. The number of alkyl carbamates (subject to hydrolysis) is 3. The predicted octanol–water partition coefficient (Wildman–Crippen LogP) is 16.5. The molecule has 10 aliphatic carbocycles. The normalized spacial score (nSPS) is 26.4. The third kappa shape index (κ3) is 29.3. The van der Waals surface area contributed by atoms with Gasteiger partial charge >= 0.3 is 42.4 Å². The van der Waals surface area contributed by atoms with Gasteiger partial charge in [-0.2, -0.15) is 0 Å². The van der Waals surface area contributed by atoms with Crippen molar-refractivity contribution in [3.63, 3.8) is 0 Å². The lowest BCUT2D eigenvalue weighted by atomic mass is 9.85. The number of nitrogens with zero attached hydrogens (tertiary/aromatic N) is 6. The molecule has 30 heteroatoms. The van der Waals surface area contributed by atoms with Crippen LogP contribution < -0.4 is 38.3 Å². The van der Waals surface area contributed by atoms with Crippen LogP contribution in [0, 0.1) is 17.3 Å². The molecule has 6 atom stereocenters.